The lowest BCUT2D eigenvalue weighted by molar-refractivity contribution is 0.0337. The van der Waals surface area contributed by atoms with E-state index in [0.29, 0.717) is 0 Å². The zero-order valence-corrected chi connectivity index (χ0v) is 9.58. The maximum Gasteiger partial charge on any atom is 0.123 e. The zero-order valence-electron chi connectivity index (χ0n) is 9.58. The minimum Gasteiger partial charge on any atom is -0.379 e. The first-order valence-corrected chi connectivity index (χ1v) is 5.88. The van der Waals surface area contributed by atoms with Crippen LogP contribution in [0.4, 0.5) is 4.39 Å². The molecule has 1 aromatic carbocycles. The zero-order chi connectivity index (χ0) is 11.7. The first-order valence-electron chi connectivity index (χ1n) is 5.88. The van der Waals surface area contributed by atoms with Crippen molar-refractivity contribution in [3.63, 3.8) is 0 Å². The van der Waals surface area contributed by atoms with Crippen molar-refractivity contribution in [2.24, 2.45) is 0 Å². The van der Waals surface area contributed by atoms with Crippen LogP contribution in [0.1, 0.15) is 5.69 Å². The average molecular weight is 234 g/mol. The van der Waals surface area contributed by atoms with Gasteiger partial charge in [0.15, 0.2) is 0 Å². The van der Waals surface area contributed by atoms with Gasteiger partial charge in [-0.05, 0) is 24.3 Å². The molecular weight excluding hydrogens is 219 g/mol. The molecule has 2 aromatic rings. The summed E-state index contributed by atoms with van der Waals surface area (Å²) in [5, 5.41) is 0.938. The Morgan fingerprint density at radius 1 is 1.24 bits per heavy atom. The molecule has 1 fully saturated rings. The second-order valence-electron chi connectivity index (χ2n) is 4.41. The van der Waals surface area contributed by atoms with Gasteiger partial charge in [0, 0.05) is 36.2 Å². The number of ether oxygens (including phenoxy) is 1. The smallest absolute Gasteiger partial charge is 0.123 e. The highest BCUT2D eigenvalue weighted by Crippen LogP contribution is 2.18. The highest BCUT2D eigenvalue weighted by Gasteiger charge is 2.11. The van der Waals surface area contributed by atoms with Crippen LogP contribution in [0.2, 0.25) is 0 Å². The number of morpholine rings is 1. The fraction of sp³-hybridized carbons (Fsp3) is 0.385. The second-order valence-corrected chi connectivity index (χ2v) is 4.41. The molecule has 90 valence electrons. The summed E-state index contributed by atoms with van der Waals surface area (Å²) in [5.41, 5.74) is 2.13. The molecular formula is C13H15FN2O. The van der Waals surface area contributed by atoms with E-state index in [1.165, 1.54) is 6.07 Å². The van der Waals surface area contributed by atoms with Crippen LogP contribution in [0, 0.1) is 5.82 Å². The van der Waals surface area contributed by atoms with Crippen LogP contribution in [-0.2, 0) is 11.3 Å². The van der Waals surface area contributed by atoms with Crippen molar-refractivity contribution in [2.45, 2.75) is 6.54 Å². The van der Waals surface area contributed by atoms with Crippen molar-refractivity contribution in [1.29, 1.82) is 0 Å². The summed E-state index contributed by atoms with van der Waals surface area (Å²) in [7, 11) is 0. The van der Waals surface area contributed by atoms with E-state index in [9.17, 15) is 4.39 Å². The Bertz CT molecular complexity index is 517. The van der Waals surface area contributed by atoms with E-state index >= 15 is 0 Å². The van der Waals surface area contributed by atoms with Gasteiger partial charge < -0.3 is 9.72 Å². The van der Waals surface area contributed by atoms with Gasteiger partial charge in [-0.25, -0.2) is 4.39 Å². The van der Waals surface area contributed by atoms with Gasteiger partial charge in [0.2, 0.25) is 0 Å². The number of benzene rings is 1. The molecule has 1 N–H and O–H groups in total. The molecule has 2 heterocycles. The number of halogens is 1. The Labute approximate surface area is 99.2 Å². The van der Waals surface area contributed by atoms with Crippen LogP contribution in [-0.4, -0.2) is 36.2 Å². The lowest BCUT2D eigenvalue weighted by Gasteiger charge is -2.25. The fourth-order valence-electron chi connectivity index (χ4n) is 2.25. The molecule has 1 aliphatic rings. The van der Waals surface area contributed by atoms with Gasteiger partial charge >= 0.3 is 0 Å². The van der Waals surface area contributed by atoms with Crippen LogP contribution < -0.4 is 0 Å². The van der Waals surface area contributed by atoms with Crippen molar-refractivity contribution < 1.29 is 9.13 Å². The van der Waals surface area contributed by atoms with Crippen molar-refractivity contribution in [3.05, 3.63) is 35.8 Å². The first kappa shape index (κ1) is 10.7. The van der Waals surface area contributed by atoms with Crippen molar-refractivity contribution in [1.82, 2.24) is 9.88 Å². The monoisotopic (exact) mass is 234 g/mol. The lowest BCUT2D eigenvalue weighted by atomic mass is 10.2. The van der Waals surface area contributed by atoms with Gasteiger partial charge in [0.05, 0.1) is 13.2 Å². The number of aromatic nitrogens is 1. The molecule has 0 bridgehead atoms. The van der Waals surface area contributed by atoms with Crippen molar-refractivity contribution in [2.75, 3.05) is 26.3 Å². The summed E-state index contributed by atoms with van der Waals surface area (Å²) in [6.45, 7) is 4.40. The van der Waals surface area contributed by atoms with Crippen LogP contribution in [0.3, 0.4) is 0 Å². The number of rotatable bonds is 2. The second kappa shape index (κ2) is 4.47. The Kier molecular flexibility index (Phi) is 2.82. The number of hydrogen-bond acceptors (Lipinski definition) is 2. The van der Waals surface area contributed by atoms with Gasteiger partial charge in [0.1, 0.15) is 5.82 Å². The van der Waals surface area contributed by atoms with Crippen LogP contribution >= 0.6 is 0 Å². The Hall–Kier alpha value is -1.39. The molecule has 3 rings (SSSR count). The average Bonchev–Trinajstić information content (AvgIpc) is 2.71. The Morgan fingerprint density at radius 2 is 2.06 bits per heavy atom. The Balaban J connectivity index is 1.80. The molecule has 1 aromatic heterocycles. The third kappa shape index (κ3) is 2.33. The minimum absolute atomic E-state index is 0.186. The molecule has 4 heteroatoms. The lowest BCUT2D eigenvalue weighted by Crippen LogP contribution is -2.35. The minimum atomic E-state index is -0.186. The number of hydrogen-bond donors (Lipinski definition) is 1. The summed E-state index contributed by atoms with van der Waals surface area (Å²) in [6.07, 6.45) is 0. The van der Waals surface area contributed by atoms with E-state index in [2.05, 4.69) is 9.88 Å². The summed E-state index contributed by atoms with van der Waals surface area (Å²) in [5.74, 6) is -0.186. The maximum absolute atomic E-state index is 13.1. The first-order chi connectivity index (χ1) is 8.31. The third-order valence-electron chi connectivity index (χ3n) is 3.14. The molecule has 0 atom stereocenters. The molecule has 0 amide bonds. The highest BCUT2D eigenvalue weighted by atomic mass is 19.1. The molecule has 0 radical (unpaired) electrons. The van der Waals surface area contributed by atoms with E-state index in [0.717, 1.165) is 49.4 Å². The van der Waals surface area contributed by atoms with E-state index in [1.54, 1.807) is 12.1 Å². The molecule has 3 nitrogen and oxygen atoms in total. The van der Waals surface area contributed by atoms with E-state index in [1.807, 2.05) is 6.07 Å². The van der Waals surface area contributed by atoms with Crippen molar-refractivity contribution >= 4 is 10.9 Å². The predicted octanol–water partition coefficient (Wildman–Crippen LogP) is 2.14. The van der Waals surface area contributed by atoms with Crippen molar-refractivity contribution in [3.8, 4) is 0 Å². The summed E-state index contributed by atoms with van der Waals surface area (Å²) < 4.78 is 18.4. The van der Waals surface area contributed by atoms with E-state index < -0.39 is 0 Å². The standard InChI is InChI=1S/C13H15FN2O/c14-11-1-2-13-10(7-11)8-12(15-13)9-16-3-5-17-6-4-16/h1-2,7-8,15H,3-6,9H2. The van der Waals surface area contributed by atoms with Gasteiger partial charge in [-0.15, -0.1) is 0 Å². The molecule has 17 heavy (non-hydrogen) atoms. The molecule has 0 aliphatic carbocycles. The summed E-state index contributed by atoms with van der Waals surface area (Å²) >= 11 is 0. The maximum atomic E-state index is 13.1. The molecule has 0 unspecified atom stereocenters. The van der Waals surface area contributed by atoms with Gasteiger partial charge in [-0.2, -0.15) is 0 Å². The quantitative estimate of drug-likeness (QED) is 0.862. The normalized spacial score (nSPS) is 17.7. The number of nitrogens with zero attached hydrogens (tertiary/aromatic N) is 1. The molecule has 1 aliphatic heterocycles. The van der Waals surface area contributed by atoms with Crippen LogP contribution in [0.25, 0.3) is 10.9 Å². The Morgan fingerprint density at radius 3 is 2.88 bits per heavy atom. The fourth-order valence-corrected chi connectivity index (χ4v) is 2.25. The molecule has 1 saturated heterocycles. The number of aromatic amines is 1. The number of fused-ring (bicyclic) bond motifs is 1. The van der Waals surface area contributed by atoms with Gasteiger partial charge in [-0.1, -0.05) is 0 Å². The van der Waals surface area contributed by atoms with Crippen LogP contribution in [0.15, 0.2) is 24.3 Å². The van der Waals surface area contributed by atoms with E-state index in [-0.39, 0.29) is 5.82 Å². The summed E-state index contributed by atoms with van der Waals surface area (Å²) in [4.78, 5) is 5.66. The summed E-state index contributed by atoms with van der Waals surface area (Å²) in [6, 6.07) is 6.85. The molecule has 0 spiro atoms. The van der Waals surface area contributed by atoms with Gasteiger partial charge in [-0.3, -0.25) is 4.90 Å². The van der Waals surface area contributed by atoms with E-state index in [4.69, 9.17) is 4.74 Å². The topological polar surface area (TPSA) is 28.3 Å². The number of nitrogens with one attached hydrogen (secondary N) is 1. The predicted molar refractivity (Wildman–Crippen MR) is 64.4 cm³/mol. The largest absolute Gasteiger partial charge is 0.379 e. The SMILES string of the molecule is Fc1ccc2[nH]c(CN3CCOCC3)cc2c1. The number of H-pyrrole nitrogens is 1. The highest BCUT2D eigenvalue weighted by molar-refractivity contribution is 5.80. The van der Waals surface area contributed by atoms with Gasteiger partial charge in [0.25, 0.3) is 0 Å². The van der Waals surface area contributed by atoms with Crippen LogP contribution in [0.5, 0.6) is 0 Å². The third-order valence-corrected chi connectivity index (χ3v) is 3.14. The molecule has 0 saturated carbocycles.